The van der Waals surface area contributed by atoms with E-state index in [0.717, 1.165) is 0 Å². The number of benzene rings is 1. The molecule has 0 N–H and O–H groups in total. The summed E-state index contributed by atoms with van der Waals surface area (Å²) >= 11 is 11.6. The fourth-order valence-corrected chi connectivity index (χ4v) is 1.19. The standard InChI is InChI=1S/C8H7Cl2NO/c1-11-5-12-8-6(9)3-2-4-7(8)10/h2-5H,1H3. The maximum Gasteiger partial charge on any atom is 0.176 e. The van der Waals surface area contributed by atoms with Crippen molar-refractivity contribution in [1.82, 2.24) is 0 Å². The zero-order valence-electron chi connectivity index (χ0n) is 6.42. The van der Waals surface area contributed by atoms with Crippen molar-refractivity contribution in [2.75, 3.05) is 7.05 Å². The van der Waals surface area contributed by atoms with Gasteiger partial charge in [0.2, 0.25) is 0 Å². The van der Waals surface area contributed by atoms with Gasteiger partial charge < -0.3 is 4.74 Å². The first kappa shape index (κ1) is 9.36. The number of hydrogen-bond donors (Lipinski definition) is 0. The monoisotopic (exact) mass is 203 g/mol. The lowest BCUT2D eigenvalue weighted by Crippen LogP contribution is -1.90. The SMILES string of the molecule is CN=COc1c(Cl)cccc1Cl. The van der Waals surface area contributed by atoms with Crippen LogP contribution in [0.1, 0.15) is 0 Å². The topological polar surface area (TPSA) is 21.6 Å². The van der Waals surface area contributed by atoms with Crippen LogP contribution in [0.4, 0.5) is 0 Å². The lowest BCUT2D eigenvalue weighted by atomic mass is 10.3. The van der Waals surface area contributed by atoms with Gasteiger partial charge in [0.15, 0.2) is 12.2 Å². The molecule has 0 bridgehead atoms. The van der Waals surface area contributed by atoms with Gasteiger partial charge in [0.05, 0.1) is 10.0 Å². The number of nitrogens with zero attached hydrogens (tertiary/aromatic N) is 1. The second-order valence-corrected chi connectivity index (χ2v) is 2.85. The van der Waals surface area contributed by atoms with Crippen LogP contribution in [0.2, 0.25) is 10.0 Å². The molecule has 0 spiro atoms. The third-order valence-electron chi connectivity index (χ3n) is 1.19. The fourth-order valence-electron chi connectivity index (χ4n) is 0.701. The Morgan fingerprint density at radius 2 is 1.92 bits per heavy atom. The van der Waals surface area contributed by atoms with Crippen molar-refractivity contribution in [3.8, 4) is 5.75 Å². The van der Waals surface area contributed by atoms with Crippen molar-refractivity contribution in [3.63, 3.8) is 0 Å². The summed E-state index contributed by atoms with van der Waals surface area (Å²) in [5, 5.41) is 0.949. The van der Waals surface area contributed by atoms with Gasteiger partial charge in [-0.1, -0.05) is 29.3 Å². The van der Waals surface area contributed by atoms with Gasteiger partial charge in [-0.3, -0.25) is 4.99 Å². The van der Waals surface area contributed by atoms with Gasteiger partial charge in [-0.25, -0.2) is 0 Å². The molecule has 0 saturated carbocycles. The second-order valence-electron chi connectivity index (χ2n) is 2.03. The second kappa shape index (κ2) is 4.33. The minimum atomic E-state index is 0.437. The van der Waals surface area contributed by atoms with E-state index in [1.807, 2.05) is 0 Å². The fraction of sp³-hybridized carbons (Fsp3) is 0.125. The van der Waals surface area contributed by atoms with Gasteiger partial charge in [-0.05, 0) is 12.1 Å². The molecule has 0 radical (unpaired) electrons. The Morgan fingerprint density at radius 3 is 2.42 bits per heavy atom. The first-order valence-electron chi connectivity index (χ1n) is 3.27. The molecule has 0 fully saturated rings. The van der Waals surface area contributed by atoms with Crippen molar-refractivity contribution in [2.45, 2.75) is 0 Å². The van der Waals surface area contributed by atoms with Crippen LogP contribution in [0.3, 0.4) is 0 Å². The first-order valence-corrected chi connectivity index (χ1v) is 4.02. The van der Waals surface area contributed by atoms with E-state index in [1.165, 1.54) is 6.40 Å². The average Bonchev–Trinajstić information content (AvgIpc) is 2.04. The van der Waals surface area contributed by atoms with Gasteiger partial charge in [-0.15, -0.1) is 0 Å². The molecular weight excluding hydrogens is 197 g/mol. The van der Waals surface area contributed by atoms with Crippen LogP contribution < -0.4 is 4.74 Å². The molecule has 4 heteroatoms. The van der Waals surface area contributed by atoms with Crippen LogP contribution in [0, 0.1) is 0 Å². The van der Waals surface area contributed by atoms with E-state index in [0.29, 0.717) is 15.8 Å². The van der Waals surface area contributed by atoms with Gasteiger partial charge in [-0.2, -0.15) is 0 Å². The summed E-state index contributed by atoms with van der Waals surface area (Å²) in [4.78, 5) is 3.65. The Balaban J connectivity index is 2.96. The highest BCUT2D eigenvalue weighted by atomic mass is 35.5. The normalized spacial score (nSPS) is 10.6. The van der Waals surface area contributed by atoms with E-state index in [9.17, 15) is 0 Å². The minimum absolute atomic E-state index is 0.437. The molecule has 0 unspecified atom stereocenters. The Labute approximate surface area is 80.8 Å². The predicted octanol–water partition coefficient (Wildman–Crippen LogP) is 3.03. The predicted molar refractivity (Wildman–Crippen MR) is 51.5 cm³/mol. The van der Waals surface area contributed by atoms with Crippen LogP contribution >= 0.6 is 23.2 Å². The van der Waals surface area contributed by atoms with E-state index in [-0.39, 0.29) is 0 Å². The Bertz CT molecular complexity index is 279. The Hall–Kier alpha value is -0.730. The summed E-state index contributed by atoms with van der Waals surface area (Å²) in [7, 11) is 1.60. The summed E-state index contributed by atoms with van der Waals surface area (Å²) in [5.41, 5.74) is 0. The van der Waals surface area contributed by atoms with Gasteiger partial charge in [0.25, 0.3) is 0 Å². The highest BCUT2D eigenvalue weighted by Gasteiger charge is 2.04. The molecule has 0 aliphatic carbocycles. The van der Waals surface area contributed by atoms with Crippen LogP contribution in [0.25, 0.3) is 0 Å². The molecule has 1 aromatic carbocycles. The molecule has 1 rings (SSSR count). The average molecular weight is 204 g/mol. The lowest BCUT2D eigenvalue weighted by molar-refractivity contribution is 0.573. The van der Waals surface area contributed by atoms with Crippen molar-refractivity contribution in [3.05, 3.63) is 28.2 Å². The van der Waals surface area contributed by atoms with Crippen molar-refractivity contribution >= 4 is 29.6 Å². The number of rotatable bonds is 2. The molecule has 0 atom stereocenters. The molecule has 1 aromatic rings. The summed E-state index contributed by atoms with van der Waals surface area (Å²) in [6, 6.07) is 5.15. The van der Waals surface area contributed by atoms with Crippen LogP contribution in [-0.2, 0) is 0 Å². The molecule has 0 heterocycles. The van der Waals surface area contributed by atoms with E-state index in [4.69, 9.17) is 27.9 Å². The largest absolute Gasteiger partial charge is 0.443 e. The maximum absolute atomic E-state index is 5.79. The van der Waals surface area contributed by atoms with Gasteiger partial charge >= 0.3 is 0 Å². The number of ether oxygens (including phenoxy) is 1. The van der Waals surface area contributed by atoms with E-state index >= 15 is 0 Å². The molecule has 0 aromatic heterocycles. The smallest absolute Gasteiger partial charge is 0.176 e. The summed E-state index contributed by atoms with van der Waals surface area (Å²) in [6.07, 6.45) is 1.28. The zero-order chi connectivity index (χ0) is 8.97. The quantitative estimate of drug-likeness (QED) is 0.535. The van der Waals surface area contributed by atoms with Crippen molar-refractivity contribution in [1.29, 1.82) is 0 Å². The van der Waals surface area contributed by atoms with E-state index in [2.05, 4.69) is 4.99 Å². The third kappa shape index (κ3) is 2.13. The molecule has 64 valence electrons. The molecule has 12 heavy (non-hydrogen) atoms. The summed E-state index contributed by atoms with van der Waals surface area (Å²) in [6.45, 7) is 0. The number of aliphatic imine (C=N–C) groups is 1. The van der Waals surface area contributed by atoms with Crippen LogP contribution in [0.15, 0.2) is 23.2 Å². The molecule has 0 amide bonds. The zero-order valence-corrected chi connectivity index (χ0v) is 7.93. The molecule has 0 saturated heterocycles. The number of halogens is 2. The number of hydrogen-bond acceptors (Lipinski definition) is 2. The highest BCUT2D eigenvalue weighted by molar-refractivity contribution is 6.37. The lowest BCUT2D eigenvalue weighted by Gasteiger charge is -2.03. The van der Waals surface area contributed by atoms with Crippen molar-refractivity contribution < 1.29 is 4.74 Å². The van der Waals surface area contributed by atoms with Crippen molar-refractivity contribution in [2.24, 2.45) is 4.99 Å². The highest BCUT2D eigenvalue weighted by Crippen LogP contribution is 2.31. The number of para-hydroxylation sites is 1. The Kier molecular flexibility index (Phi) is 3.38. The molecule has 0 aliphatic heterocycles. The van der Waals surface area contributed by atoms with Gasteiger partial charge in [0.1, 0.15) is 0 Å². The van der Waals surface area contributed by atoms with Crippen LogP contribution in [0.5, 0.6) is 5.75 Å². The van der Waals surface area contributed by atoms with E-state index < -0.39 is 0 Å². The van der Waals surface area contributed by atoms with Gasteiger partial charge in [0, 0.05) is 7.05 Å². The first-order chi connectivity index (χ1) is 5.75. The molecule has 0 aliphatic rings. The maximum atomic E-state index is 5.79. The summed E-state index contributed by atoms with van der Waals surface area (Å²) < 4.78 is 5.06. The van der Waals surface area contributed by atoms with E-state index in [1.54, 1.807) is 25.2 Å². The van der Waals surface area contributed by atoms with Crippen LogP contribution in [-0.4, -0.2) is 13.4 Å². The Morgan fingerprint density at radius 1 is 1.33 bits per heavy atom. The summed E-state index contributed by atoms with van der Waals surface area (Å²) in [5.74, 6) is 0.437. The molecular formula is C8H7Cl2NO. The minimum Gasteiger partial charge on any atom is -0.443 e. The third-order valence-corrected chi connectivity index (χ3v) is 1.79. The molecule has 2 nitrogen and oxygen atoms in total.